The van der Waals surface area contributed by atoms with Gasteiger partial charge in [-0.2, -0.15) is 0 Å². The van der Waals surface area contributed by atoms with Gasteiger partial charge in [0.05, 0.1) is 24.8 Å². The van der Waals surface area contributed by atoms with Crippen molar-refractivity contribution >= 4 is 27.4 Å². The Morgan fingerprint density at radius 2 is 2.00 bits per heavy atom. The van der Waals surface area contributed by atoms with E-state index in [2.05, 4.69) is 45.2 Å². The molecule has 1 fully saturated rings. The standard InChI is InChI=1S/C20H17N3O2S/c1-2-5-14(6-3-1)18-11-15-19(21-13-22-20(15)26-18)23-8-10-25-17(12-23)16-7-4-9-24-16/h1-7,9,11,13,17H,8,10,12H2. The number of hydrogen-bond donors (Lipinski definition) is 0. The molecule has 1 aliphatic rings. The number of furan rings is 1. The van der Waals surface area contributed by atoms with E-state index in [1.54, 1.807) is 23.9 Å². The second-order valence-corrected chi connectivity index (χ2v) is 7.24. The third-order valence-corrected chi connectivity index (χ3v) is 5.69. The maximum Gasteiger partial charge on any atom is 0.140 e. The number of nitrogens with zero attached hydrogens (tertiary/aromatic N) is 3. The number of ether oxygens (including phenoxy) is 1. The highest BCUT2D eigenvalue weighted by Gasteiger charge is 2.26. The number of aromatic nitrogens is 2. The van der Waals surface area contributed by atoms with Gasteiger partial charge in [-0.25, -0.2) is 9.97 Å². The first-order valence-electron chi connectivity index (χ1n) is 8.58. The molecule has 0 radical (unpaired) electrons. The van der Waals surface area contributed by atoms with Crippen LogP contribution >= 0.6 is 11.3 Å². The van der Waals surface area contributed by atoms with E-state index >= 15 is 0 Å². The van der Waals surface area contributed by atoms with Crippen molar-refractivity contribution in [3.8, 4) is 10.4 Å². The Hall–Kier alpha value is -2.70. The van der Waals surface area contributed by atoms with Gasteiger partial charge in [0.2, 0.25) is 0 Å². The molecule has 130 valence electrons. The number of benzene rings is 1. The van der Waals surface area contributed by atoms with Gasteiger partial charge in [0.1, 0.15) is 28.8 Å². The van der Waals surface area contributed by atoms with E-state index in [9.17, 15) is 0 Å². The van der Waals surface area contributed by atoms with Crippen LogP contribution in [-0.4, -0.2) is 29.7 Å². The Morgan fingerprint density at radius 1 is 1.08 bits per heavy atom. The van der Waals surface area contributed by atoms with Crippen LogP contribution < -0.4 is 4.90 Å². The summed E-state index contributed by atoms with van der Waals surface area (Å²) in [7, 11) is 0. The molecule has 26 heavy (non-hydrogen) atoms. The zero-order valence-electron chi connectivity index (χ0n) is 14.0. The van der Waals surface area contributed by atoms with Crippen LogP contribution in [0, 0.1) is 0 Å². The van der Waals surface area contributed by atoms with Crippen LogP contribution in [0.5, 0.6) is 0 Å². The summed E-state index contributed by atoms with van der Waals surface area (Å²) in [6, 6.07) is 16.4. The van der Waals surface area contributed by atoms with Gasteiger partial charge in [-0.05, 0) is 23.8 Å². The van der Waals surface area contributed by atoms with Crippen molar-refractivity contribution in [3.63, 3.8) is 0 Å². The summed E-state index contributed by atoms with van der Waals surface area (Å²) < 4.78 is 11.4. The molecule has 0 aliphatic carbocycles. The Labute approximate surface area is 154 Å². The average Bonchev–Trinajstić information content (AvgIpc) is 3.38. The number of hydrogen-bond acceptors (Lipinski definition) is 6. The molecule has 6 heteroatoms. The van der Waals surface area contributed by atoms with Crippen LogP contribution in [0.25, 0.3) is 20.7 Å². The quantitative estimate of drug-likeness (QED) is 0.535. The third-order valence-electron chi connectivity index (χ3n) is 4.59. The minimum Gasteiger partial charge on any atom is -0.467 e. The first-order valence-corrected chi connectivity index (χ1v) is 9.40. The molecule has 4 aromatic rings. The lowest BCUT2D eigenvalue weighted by Gasteiger charge is -2.33. The number of thiophene rings is 1. The maximum absolute atomic E-state index is 5.88. The van der Waals surface area contributed by atoms with E-state index in [1.807, 2.05) is 18.2 Å². The van der Waals surface area contributed by atoms with Crippen LogP contribution in [0.15, 0.2) is 65.5 Å². The van der Waals surface area contributed by atoms with Crippen molar-refractivity contribution in [2.24, 2.45) is 0 Å². The molecule has 5 rings (SSSR count). The molecule has 0 amide bonds. The van der Waals surface area contributed by atoms with Gasteiger partial charge in [-0.3, -0.25) is 0 Å². The fraction of sp³-hybridized carbons (Fsp3) is 0.200. The van der Waals surface area contributed by atoms with Gasteiger partial charge >= 0.3 is 0 Å². The Kier molecular flexibility index (Phi) is 3.92. The number of anilines is 1. The fourth-order valence-corrected chi connectivity index (χ4v) is 4.33. The van der Waals surface area contributed by atoms with Crippen LogP contribution in [0.1, 0.15) is 11.9 Å². The fourth-order valence-electron chi connectivity index (χ4n) is 3.33. The van der Waals surface area contributed by atoms with Gasteiger partial charge in [-0.15, -0.1) is 11.3 Å². The number of morpholine rings is 1. The van der Waals surface area contributed by atoms with Gasteiger partial charge in [-0.1, -0.05) is 30.3 Å². The van der Waals surface area contributed by atoms with Crippen LogP contribution in [-0.2, 0) is 4.74 Å². The second kappa shape index (κ2) is 6.55. The highest BCUT2D eigenvalue weighted by molar-refractivity contribution is 7.21. The Bertz CT molecular complexity index is 1010. The van der Waals surface area contributed by atoms with Crippen LogP contribution in [0.4, 0.5) is 5.82 Å². The summed E-state index contributed by atoms with van der Waals surface area (Å²) in [5.41, 5.74) is 1.21. The summed E-state index contributed by atoms with van der Waals surface area (Å²) >= 11 is 1.70. The maximum atomic E-state index is 5.88. The lowest BCUT2D eigenvalue weighted by molar-refractivity contribution is 0.0256. The van der Waals surface area contributed by atoms with Crippen molar-refractivity contribution in [2.45, 2.75) is 6.10 Å². The molecule has 1 aromatic carbocycles. The minimum atomic E-state index is -0.0732. The molecule has 0 spiro atoms. The topological polar surface area (TPSA) is 51.4 Å². The van der Waals surface area contributed by atoms with E-state index in [-0.39, 0.29) is 6.10 Å². The van der Waals surface area contributed by atoms with Gasteiger partial charge in [0, 0.05) is 11.4 Å². The highest BCUT2D eigenvalue weighted by Crippen LogP contribution is 2.37. The van der Waals surface area contributed by atoms with Crippen molar-refractivity contribution < 1.29 is 9.15 Å². The zero-order chi connectivity index (χ0) is 17.3. The SMILES string of the molecule is c1ccc(-c2cc3c(N4CCOC(c5ccco5)C4)ncnc3s2)cc1. The molecule has 1 unspecified atom stereocenters. The summed E-state index contributed by atoms with van der Waals surface area (Å²) in [6.45, 7) is 2.17. The zero-order valence-corrected chi connectivity index (χ0v) is 14.9. The molecule has 0 N–H and O–H groups in total. The first kappa shape index (κ1) is 15.5. The molecule has 4 heterocycles. The number of rotatable bonds is 3. The molecule has 3 aromatic heterocycles. The van der Waals surface area contributed by atoms with Crippen molar-refractivity contribution in [3.05, 3.63) is 66.9 Å². The van der Waals surface area contributed by atoms with E-state index in [4.69, 9.17) is 9.15 Å². The lowest BCUT2D eigenvalue weighted by atomic mass is 10.1. The summed E-state index contributed by atoms with van der Waals surface area (Å²) in [5.74, 6) is 1.82. The Balaban J connectivity index is 1.51. The third kappa shape index (κ3) is 2.77. The van der Waals surface area contributed by atoms with Gasteiger partial charge < -0.3 is 14.1 Å². The molecular formula is C20H17N3O2S. The molecule has 5 nitrogen and oxygen atoms in total. The van der Waals surface area contributed by atoms with Gasteiger partial charge in [0.25, 0.3) is 0 Å². The van der Waals surface area contributed by atoms with Crippen molar-refractivity contribution in [1.82, 2.24) is 9.97 Å². The average molecular weight is 363 g/mol. The molecular weight excluding hydrogens is 346 g/mol. The largest absolute Gasteiger partial charge is 0.467 e. The molecule has 0 bridgehead atoms. The van der Waals surface area contributed by atoms with Crippen molar-refractivity contribution in [1.29, 1.82) is 0 Å². The van der Waals surface area contributed by atoms with E-state index in [0.717, 1.165) is 34.9 Å². The summed E-state index contributed by atoms with van der Waals surface area (Å²) in [4.78, 5) is 13.6. The van der Waals surface area contributed by atoms with E-state index < -0.39 is 0 Å². The molecule has 1 aliphatic heterocycles. The lowest BCUT2D eigenvalue weighted by Crippen LogP contribution is -2.38. The van der Waals surface area contributed by atoms with E-state index in [0.29, 0.717) is 6.61 Å². The predicted molar refractivity (Wildman–Crippen MR) is 102 cm³/mol. The van der Waals surface area contributed by atoms with Crippen LogP contribution in [0.2, 0.25) is 0 Å². The summed E-state index contributed by atoms with van der Waals surface area (Å²) in [5, 5.41) is 1.09. The molecule has 1 atom stereocenters. The normalized spacial score (nSPS) is 17.7. The van der Waals surface area contributed by atoms with Gasteiger partial charge in [0.15, 0.2) is 0 Å². The van der Waals surface area contributed by atoms with Crippen LogP contribution in [0.3, 0.4) is 0 Å². The minimum absolute atomic E-state index is 0.0732. The predicted octanol–water partition coefficient (Wildman–Crippen LogP) is 4.53. The Morgan fingerprint density at radius 3 is 2.85 bits per heavy atom. The molecule has 1 saturated heterocycles. The molecule has 0 saturated carbocycles. The second-order valence-electron chi connectivity index (χ2n) is 6.21. The van der Waals surface area contributed by atoms with E-state index in [1.165, 1.54) is 10.4 Å². The monoisotopic (exact) mass is 363 g/mol. The summed E-state index contributed by atoms with van der Waals surface area (Å²) in [6.07, 6.45) is 3.27. The van der Waals surface area contributed by atoms with Crippen molar-refractivity contribution in [2.75, 3.05) is 24.6 Å². The first-order chi connectivity index (χ1) is 12.9. The smallest absolute Gasteiger partial charge is 0.140 e. The highest BCUT2D eigenvalue weighted by atomic mass is 32.1. The number of fused-ring (bicyclic) bond motifs is 1.